The highest BCUT2D eigenvalue weighted by molar-refractivity contribution is 7.95. The van der Waals surface area contributed by atoms with E-state index >= 15 is 0 Å². The molecule has 0 nitrogen and oxygen atoms in total. The maximum Gasteiger partial charge on any atom is 0.112 e. The van der Waals surface area contributed by atoms with E-state index in [1.807, 2.05) is 0 Å². The van der Waals surface area contributed by atoms with Crippen LogP contribution >= 0.6 is 14.5 Å². The monoisotopic (exact) mass is 684 g/mol. The number of hydrogen-bond acceptors (Lipinski definition) is 0. The summed E-state index contributed by atoms with van der Waals surface area (Å²) in [6.07, 6.45) is 32.1. The summed E-state index contributed by atoms with van der Waals surface area (Å²) in [5, 5.41) is 7.72. The summed E-state index contributed by atoms with van der Waals surface area (Å²) in [5.41, 5.74) is 0. The Kier molecular flexibility index (Phi) is 14.9. The molecule has 1 aliphatic carbocycles. The van der Waals surface area contributed by atoms with E-state index in [1.54, 1.807) is 10.6 Å². The van der Waals surface area contributed by atoms with Crippen LogP contribution in [0.4, 0.5) is 0 Å². The minimum absolute atomic E-state index is 0.586. The number of unbranched alkanes of at least 4 members (excludes halogenated alkanes) is 6. The van der Waals surface area contributed by atoms with E-state index in [9.17, 15) is 0 Å². The molecule has 0 saturated carbocycles. The summed E-state index contributed by atoms with van der Waals surface area (Å²) in [4.78, 5) is 0. The largest absolute Gasteiger partial charge is 0.112 e. The van der Waals surface area contributed by atoms with E-state index in [1.165, 1.54) is 86.0 Å². The van der Waals surface area contributed by atoms with Gasteiger partial charge in [0.05, 0.1) is 36.4 Å². The third-order valence-corrected chi connectivity index (χ3v) is 19.1. The lowest BCUT2D eigenvalue weighted by molar-refractivity contribution is 0.604. The van der Waals surface area contributed by atoms with Crippen LogP contribution < -0.4 is 21.2 Å². The Morgan fingerprint density at radius 3 is 1.47 bits per heavy atom. The Morgan fingerprint density at radius 1 is 0.531 bits per heavy atom. The van der Waals surface area contributed by atoms with Gasteiger partial charge in [-0.05, 0) is 111 Å². The van der Waals surface area contributed by atoms with Gasteiger partial charge in [0, 0.05) is 0 Å². The maximum absolute atomic E-state index is 2.57. The van der Waals surface area contributed by atoms with Gasteiger partial charge in [-0.3, -0.25) is 0 Å². The molecule has 1 atom stereocenters. The lowest BCUT2D eigenvalue weighted by Gasteiger charge is -2.28. The van der Waals surface area contributed by atoms with Crippen LogP contribution in [0.2, 0.25) is 0 Å². The Morgan fingerprint density at radius 2 is 1.00 bits per heavy atom. The highest BCUT2D eigenvalue weighted by atomic mass is 31.2. The van der Waals surface area contributed by atoms with Gasteiger partial charge < -0.3 is 0 Å². The Bertz CT molecular complexity index is 1520. The minimum atomic E-state index is -1.72. The van der Waals surface area contributed by atoms with Gasteiger partial charge in [-0.1, -0.05) is 130 Å². The maximum atomic E-state index is 2.57. The molecule has 4 aromatic rings. The highest BCUT2D eigenvalue weighted by Gasteiger charge is 2.44. The van der Waals surface area contributed by atoms with E-state index in [0.29, 0.717) is 5.92 Å². The van der Waals surface area contributed by atoms with Crippen molar-refractivity contribution in [3.8, 4) is 0 Å². The summed E-state index contributed by atoms with van der Waals surface area (Å²) in [6.45, 7) is 4.50. The van der Waals surface area contributed by atoms with Crippen LogP contribution in [0.15, 0.2) is 169 Å². The zero-order valence-corrected chi connectivity index (χ0v) is 31.8. The molecule has 0 aromatic heterocycles. The predicted molar refractivity (Wildman–Crippen MR) is 225 cm³/mol. The molecular weight excluding hydrogens is 626 g/mol. The zero-order valence-electron chi connectivity index (χ0n) is 30.0. The number of allylic oxidation sites excluding steroid dienone is 8. The summed E-state index contributed by atoms with van der Waals surface area (Å²) >= 11 is 0. The highest BCUT2D eigenvalue weighted by Crippen LogP contribution is 2.66. The zero-order chi connectivity index (χ0) is 34.0. The summed E-state index contributed by atoms with van der Waals surface area (Å²) in [6, 6.07) is 45.6. The van der Waals surface area contributed by atoms with Crippen LogP contribution in [-0.2, 0) is 0 Å². The van der Waals surface area contributed by atoms with Crippen molar-refractivity contribution in [1.82, 2.24) is 0 Å². The van der Waals surface area contributed by atoms with Crippen LogP contribution in [0.3, 0.4) is 0 Å². The average Bonchev–Trinajstić information content (AvgIpc) is 3.16. The van der Waals surface area contributed by atoms with Crippen LogP contribution in [0, 0.1) is 5.92 Å². The second-order valence-corrected chi connectivity index (χ2v) is 21.3. The molecule has 0 N–H and O–H groups in total. The summed E-state index contributed by atoms with van der Waals surface area (Å²) in [7, 11) is -3.22. The Hall–Kier alpha value is -3.30. The molecule has 0 heterocycles. The predicted octanol–water partition coefficient (Wildman–Crippen LogP) is 12.1. The SMILES string of the molecule is CC(C)/C=C\C=C/C[P+](CCCCCCCCC[P+](c1ccccc1)(c1ccccc1)c1ccccc1)(C1=CCCC=C1)c1ccccc1. The van der Waals surface area contributed by atoms with E-state index in [0.717, 1.165) is 6.16 Å². The minimum Gasteiger partial charge on any atom is -0.0820 e. The van der Waals surface area contributed by atoms with Crippen molar-refractivity contribution < 1.29 is 0 Å². The van der Waals surface area contributed by atoms with Crippen LogP contribution in [0.25, 0.3) is 0 Å². The first-order chi connectivity index (χ1) is 24.1. The van der Waals surface area contributed by atoms with Gasteiger partial charge in [0.2, 0.25) is 0 Å². The summed E-state index contributed by atoms with van der Waals surface area (Å²) < 4.78 is 0. The van der Waals surface area contributed by atoms with Crippen LogP contribution in [-0.4, -0.2) is 18.5 Å². The lowest BCUT2D eigenvalue weighted by Crippen LogP contribution is -2.33. The van der Waals surface area contributed by atoms with Crippen molar-refractivity contribution >= 4 is 35.7 Å². The number of hydrogen-bond donors (Lipinski definition) is 0. The first-order valence-corrected chi connectivity index (χ1v) is 23.0. The summed E-state index contributed by atoms with van der Waals surface area (Å²) in [5.74, 6) is 0.586. The third-order valence-electron chi connectivity index (χ3n) is 10.0. The average molecular weight is 685 g/mol. The quantitative estimate of drug-likeness (QED) is 0.0524. The first-order valence-electron chi connectivity index (χ1n) is 18.8. The molecule has 49 heavy (non-hydrogen) atoms. The fraction of sp³-hybridized carbons (Fsp3) is 0.319. The smallest absolute Gasteiger partial charge is 0.0820 e. The first kappa shape index (κ1) is 37.0. The van der Waals surface area contributed by atoms with Gasteiger partial charge in [-0.2, -0.15) is 0 Å². The fourth-order valence-electron chi connectivity index (χ4n) is 7.44. The van der Waals surface area contributed by atoms with Crippen molar-refractivity contribution in [1.29, 1.82) is 0 Å². The number of benzene rings is 4. The van der Waals surface area contributed by atoms with Crippen molar-refractivity contribution in [2.75, 3.05) is 18.5 Å². The molecular formula is C47H58P2+2. The van der Waals surface area contributed by atoms with Gasteiger partial charge in [0.25, 0.3) is 0 Å². The Labute approximate surface area is 299 Å². The molecule has 5 rings (SSSR count). The standard InChI is InChI=1S/C47H58P2/c1-42(2)28-14-13-26-40-48(43-29-15-8-16-30-43,44-31-17-9-18-32-44)39-25-6-4-3-5-7-27-41-49(45-33-19-10-20-34-45,46-35-21-11-22-36-46)47-37-23-12-24-38-47/h8,10-17,19-24,26,28-38,42H,3-7,9,18,25,27,39-41H2,1-2H3/q+2/b26-13-,28-14-. The molecule has 1 unspecified atom stereocenters. The van der Waals surface area contributed by atoms with Crippen LogP contribution in [0.5, 0.6) is 0 Å². The molecule has 0 fully saturated rings. The number of rotatable bonds is 19. The fourth-order valence-corrected chi connectivity index (χ4v) is 16.1. The van der Waals surface area contributed by atoms with Gasteiger partial charge in [0.1, 0.15) is 23.2 Å². The van der Waals surface area contributed by atoms with Crippen molar-refractivity contribution in [3.63, 3.8) is 0 Å². The molecule has 1 aliphatic rings. The van der Waals surface area contributed by atoms with E-state index < -0.39 is 14.5 Å². The van der Waals surface area contributed by atoms with E-state index in [4.69, 9.17) is 0 Å². The Balaban J connectivity index is 1.20. The molecule has 0 radical (unpaired) electrons. The second-order valence-electron chi connectivity index (χ2n) is 13.9. The molecule has 0 saturated heterocycles. The molecule has 0 spiro atoms. The van der Waals surface area contributed by atoms with Gasteiger partial charge in [0.15, 0.2) is 0 Å². The van der Waals surface area contributed by atoms with Crippen molar-refractivity contribution in [3.05, 3.63) is 169 Å². The van der Waals surface area contributed by atoms with E-state index in [-0.39, 0.29) is 0 Å². The molecule has 2 heteroatoms. The molecule has 0 aliphatic heterocycles. The molecule has 0 amide bonds. The third kappa shape index (κ3) is 10.1. The second kappa shape index (κ2) is 19.8. The van der Waals surface area contributed by atoms with Crippen molar-refractivity contribution in [2.24, 2.45) is 5.92 Å². The lowest BCUT2D eigenvalue weighted by atomic mass is 10.1. The van der Waals surface area contributed by atoms with Gasteiger partial charge >= 0.3 is 0 Å². The van der Waals surface area contributed by atoms with Crippen molar-refractivity contribution in [2.45, 2.75) is 71.6 Å². The molecule has 0 bridgehead atoms. The van der Waals surface area contributed by atoms with Gasteiger partial charge in [-0.25, -0.2) is 0 Å². The van der Waals surface area contributed by atoms with E-state index in [2.05, 4.69) is 178 Å². The normalized spacial score (nSPS) is 14.8. The molecule has 254 valence electrons. The molecule has 4 aromatic carbocycles. The van der Waals surface area contributed by atoms with Crippen LogP contribution in [0.1, 0.15) is 71.6 Å². The van der Waals surface area contributed by atoms with Gasteiger partial charge in [-0.15, -0.1) is 0 Å². The topological polar surface area (TPSA) is 0 Å².